The predicted molar refractivity (Wildman–Crippen MR) is 97.3 cm³/mol. The normalized spacial score (nSPS) is 10.9. The summed E-state index contributed by atoms with van der Waals surface area (Å²) >= 11 is 2.12. The number of rotatable bonds is 5. The summed E-state index contributed by atoms with van der Waals surface area (Å²) in [6.07, 6.45) is 1.48. The minimum absolute atomic E-state index is 0.0461. The molecular weight excluding hydrogens is 362 g/mol. The first kappa shape index (κ1) is 16.9. The Morgan fingerprint density at radius 2 is 1.96 bits per heavy atom. The maximum atomic E-state index is 12.1. The maximum absolute atomic E-state index is 12.1. The molecule has 25 heavy (non-hydrogen) atoms. The highest BCUT2D eigenvalue weighted by molar-refractivity contribution is 7.19. The summed E-state index contributed by atoms with van der Waals surface area (Å²) in [5, 5.41) is 21.7. The molecule has 3 aromatic rings. The Bertz CT molecular complexity index is 946. The van der Waals surface area contributed by atoms with Crippen molar-refractivity contribution in [3.63, 3.8) is 0 Å². The van der Waals surface area contributed by atoms with Gasteiger partial charge in [0, 0.05) is 17.8 Å². The molecule has 3 rings (SSSR count). The number of amides is 1. The summed E-state index contributed by atoms with van der Waals surface area (Å²) in [5.74, 6) is -0.277. The third kappa shape index (κ3) is 4.31. The molecule has 0 aliphatic carbocycles. The van der Waals surface area contributed by atoms with Gasteiger partial charge in [-0.2, -0.15) is 0 Å². The quantitative estimate of drug-likeness (QED) is 0.415. The minimum atomic E-state index is -0.453. The number of nitro groups is 1. The molecule has 0 radical (unpaired) electrons. The third-order valence-corrected chi connectivity index (χ3v) is 4.76. The van der Waals surface area contributed by atoms with Gasteiger partial charge < -0.3 is 0 Å². The van der Waals surface area contributed by atoms with Gasteiger partial charge in [-0.25, -0.2) is 4.99 Å². The van der Waals surface area contributed by atoms with Crippen molar-refractivity contribution >= 4 is 50.1 Å². The van der Waals surface area contributed by atoms with E-state index in [4.69, 9.17) is 0 Å². The van der Waals surface area contributed by atoms with Gasteiger partial charge in [-0.15, -0.1) is 10.2 Å². The first-order valence-corrected chi connectivity index (χ1v) is 8.64. The van der Waals surface area contributed by atoms with Crippen molar-refractivity contribution in [1.29, 1.82) is 0 Å². The van der Waals surface area contributed by atoms with Crippen LogP contribution in [0.3, 0.4) is 0 Å². The number of aromatic nitrogens is 2. The van der Waals surface area contributed by atoms with Crippen LogP contribution in [0.1, 0.15) is 20.8 Å². The molecule has 0 aliphatic rings. The van der Waals surface area contributed by atoms with Crippen molar-refractivity contribution in [2.24, 2.45) is 4.99 Å². The molecule has 0 fully saturated rings. The minimum Gasteiger partial charge on any atom is -0.296 e. The molecule has 0 unspecified atom stereocenters. The summed E-state index contributed by atoms with van der Waals surface area (Å²) in [6.45, 7) is 1.94. The zero-order chi connectivity index (χ0) is 17.8. The molecule has 2 heterocycles. The smallest absolute Gasteiger partial charge is 0.296 e. The van der Waals surface area contributed by atoms with Crippen LogP contribution in [0.4, 0.5) is 15.3 Å². The average Bonchev–Trinajstić information content (AvgIpc) is 3.22. The van der Waals surface area contributed by atoms with Crippen LogP contribution >= 0.6 is 22.7 Å². The molecule has 0 bridgehead atoms. The monoisotopic (exact) mass is 373 g/mol. The fourth-order valence-corrected chi connectivity index (χ4v) is 3.10. The van der Waals surface area contributed by atoms with Crippen LogP contribution in [0.2, 0.25) is 0 Å². The number of carbonyl (C=O) groups excluding carboxylic acids is 1. The Labute approximate surface area is 150 Å². The molecule has 126 valence electrons. The van der Waals surface area contributed by atoms with E-state index in [2.05, 4.69) is 20.5 Å². The lowest BCUT2D eigenvalue weighted by Gasteiger charge is -2.00. The summed E-state index contributed by atoms with van der Waals surface area (Å²) in [4.78, 5) is 27.0. The molecule has 1 aromatic carbocycles. The van der Waals surface area contributed by atoms with Gasteiger partial charge in [-0.3, -0.25) is 20.2 Å². The summed E-state index contributed by atoms with van der Waals surface area (Å²) in [7, 11) is 0. The number of thiophene rings is 1. The fraction of sp³-hybridized carbons (Fsp3) is 0.0667. The number of aliphatic imine (C=N–C) groups is 1. The molecule has 1 N–H and O–H groups in total. The number of aryl methyl sites for hydroxylation is 1. The van der Waals surface area contributed by atoms with Crippen molar-refractivity contribution in [3.05, 3.63) is 62.5 Å². The SMILES string of the molecule is Cc1ccc(C(=O)Nc2nnc(/N=C/c3ccc([N+](=O)[O-])s3)s2)cc1. The van der Waals surface area contributed by atoms with E-state index >= 15 is 0 Å². The Morgan fingerprint density at radius 3 is 2.64 bits per heavy atom. The van der Waals surface area contributed by atoms with Crippen LogP contribution in [0, 0.1) is 17.0 Å². The molecule has 1 amide bonds. The number of nitrogens with one attached hydrogen (secondary N) is 1. The van der Waals surface area contributed by atoms with Crippen LogP contribution in [-0.4, -0.2) is 27.2 Å². The van der Waals surface area contributed by atoms with Crippen LogP contribution in [0.5, 0.6) is 0 Å². The summed E-state index contributed by atoms with van der Waals surface area (Å²) in [6, 6.07) is 10.2. The number of hydrogen-bond donors (Lipinski definition) is 1. The fourth-order valence-electron chi connectivity index (χ4n) is 1.82. The Morgan fingerprint density at radius 1 is 1.20 bits per heavy atom. The average molecular weight is 373 g/mol. The van der Waals surface area contributed by atoms with Gasteiger partial charge in [0.05, 0.1) is 9.80 Å². The molecule has 10 heteroatoms. The Hall–Kier alpha value is -2.98. The predicted octanol–water partition coefficient (Wildman–Crippen LogP) is 3.82. The topological polar surface area (TPSA) is 110 Å². The van der Waals surface area contributed by atoms with E-state index in [-0.39, 0.29) is 10.9 Å². The zero-order valence-electron chi connectivity index (χ0n) is 12.9. The van der Waals surface area contributed by atoms with E-state index in [0.29, 0.717) is 20.7 Å². The number of carbonyl (C=O) groups is 1. The second kappa shape index (κ2) is 7.28. The molecule has 0 aliphatic heterocycles. The van der Waals surface area contributed by atoms with Crippen LogP contribution < -0.4 is 5.32 Å². The van der Waals surface area contributed by atoms with E-state index in [1.165, 1.54) is 12.3 Å². The second-order valence-electron chi connectivity index (χ2n) is 4.90. The molecule has 0 saturated heterocycles. The summed E-state index contributed by atoms with van der Waals surface area (Å²) in [5.41, 5.74) is 1.59. The molecule has 0 atom stereocenters. The third-order valence-electron chi connectivity index (χ3n) is 3.04. The van der Waals surface area contributed by atoms with E-state index in [1.54, 1.807) is 18.2 Å². The van der Waals surface area contributed by atoms with E-state index < -0.39 is 4.92 Å². The van der Waals surface area contributed by atoms with Crippen LogP contribution in [0.25, 0.3) is 0 Å². The van der Waals surface area contributed by atoms with Gasteiger partial charge in [0.1, 0.15) is 0 Å². The number of benzene rings is 1. The lowest BCUT2D eigenvalue weighted by atomic mass is 10.1. The lowest BCUT2D eigenvalue weighted by molar-refractivity contribution is -0.380. The second-order valence-corrected chi connectivity index (χ2v) is 6.95. The highest BCUT2D eigenvalue weighted by Crippen LogP contribution is 2.25. The highest BCUT2D eigenvalue weighted by atomic mass is 32.1. The standard InChI is InChI=1S/C15H11N5O3S2/c1-9-2-4-10(5-3-9)13(21)17-15-19-18-14(25-15)16-8-11-6-7-12(24-11)20(22)23/h2-8H,1H3,(H,17,19,21)/b16-8+. The Kier molecular flexibility index (Phi) is 4.91. The first-order chi connectivity index (χ1) is 12.0. The largest absolute Gasteiger partial charge is 0.324 e. The highest BCUT2D eigenvalue weighted by Gasteiger charge is 2.11. The van der Waals surface area contributed by atoms with E-state index in [0.717, 1.165) is 28.2 Å². The van der Waals surface area contributed by atoms with Gasteiger partial charge in [-0.1, -0.05) is 40.4 Å². The van der Waals surface area contributed by atoms with Crippen molar-refractivity contribution < 1.29 is 9.72 Å². The summed E-state index contributed by atoms with van der Waals surface area (Å²) < 4.78 is 0. The van der Waals surface area contributed by atoms with Crippen molar-refractivity contribution in [2.45, 2.75) is 6.92 Å². The van der Waals surface area contributed by atoms with Crippen LogP contribution in [0.15, 0.2) is 41.4 Å². The molecule has 0 saturated carbocycles. The van der Waals surface area contributed by atoms with Gasteiger partial charge in [0.2, 0.25) is 10.3 Å². The molecule has 2 aromatic heterocycles. The van der Waals surface area contributed by atoms with Crippen LogP contribution in [-0.2, 0) is 0 Å². The Balaban J connectivity index is 1.65. The first-order valence-electron chi connectivity index (χ1n) is 7.01. The van der Waals surface area contributed by atoms with E-state index in [1.807, 2.05) is 19.1 Å². The zero-order valence-corrected chi connectivity index (χ0v) is 14.5. The van der Waals surface area contributed by atoms with E-state index in [9.17, 15) is 14.9 Å². The van der Waals surface area contributed by atoms with Crippen molar-refractivity contribution in [1.82, 2.24) is 10.2 Å². The van der Waals surface area contributed by atoms with Crippen molar-refractivity contribution in [2.75, 3.05) is 5.32 Å². The molecule has 0 spiro atoms. The molecular formula is C15H11N5O3S2. The van der Waals surface area contributed by atoms with Gasteiger partial charge in [0.15, 0.2) is 0 Å². The van der Waals surface area contributed by atoms with Gasteiger partial charge in [-0.05, 0) is 25.1 Å². The maximum Gasteiger partial charge on any atom is 0.324 e. The number of anilines is 1. The van der Waals surface area contributed by atoms with Gasteiger partial charge >= 0.3 is 5.00 Å². The van der Waals surface area contributed by atoms with Gasteiger partial charge in [0.25, 0.3) is 5.91 Å². The lowest BCUT2D eigenvalue weighted by Crippen LogP contribution is -2.11. The number of nitrogens with zero attached hydrogens (tertiary/aromatic N) is 4. The number of hydrogen-bond acceptors (Lipinski definition) is 8. The van der Waals surface area contributed by atoms with Crippen molar-refractivity contribution in [3.8, 4) is 0 Å². The molecule has 8 nitrogen and oxygen atoms in total.